The van der Waals surface area contributed by atoms with E-state index in [1.165, 1.54) is 0 Å². The van der Waals surface area contributed by atoms with E-state index < -0.39 is 17.7 Å². The standard InChI is InChI=1S/C4H5N3O2/c1-6-2-4(5-3-6)7(8)9/h2-3H,1H3/i1D3. The van der Waals surface area contributed by atoms with Gasteiger partial charge in [-0.1, -0.05) is 0 Å². The largest absolute Gasteiger partial charge is 0.381 e. The first-order valence-corrected chi connectivity index (χ1v) is 2.10. The van der Waals surface area contributed by atoms with Gasteiger partial charge < -0.3 is 14.7 Å². The summed E-state index contributed by atoms with van der Waals surface area (Å²) in [6.45, 7) is -2.40. The monoisotopic (exact) mass is 130 g/mol. The first kappa shape index (κ1) is 2.95. The van der Waals surface area contributed by atoms with Gasteiger partial charge in [-0.25, -0.2) is 0 Å². The van der Waals surface area contributed by atoms with Gasteiger partial charge in [-0.3, -0.25) is 0 Å². The van der Waals surface area contributed by atoms with Crippen LogP contribution in [0.3, 0.4) is 0 Å². The summed E-state index contributed by atoms with van der Waals surface area (Å²) in [6.07, 6.45) is 1.78. The molecular weight excluding hydrogens is 122 g/mol. The molecule has 0 aliphatic carbocycles. The van der Waals surface area contributed by atoms with Gasteiger partial charge >= 0.3 is 5.82 Å². The number of aromatic nitrogens is 2. The highest BCUT2D eigenvalue weighted by Gasteiger charge is 2.05. The molecule has 0 spiro atoms. The van der Waals surface area contributed by atoms with Crippen molar-refractivity contribution in [1.29, 1.82) is 0 Å². The predicted molar refractivity (Wildman–Crippen MR) is 29.9 cm³/mol. The van der Waals surface area contributed by atoms with Crippen LogP contribution in [0.2, 0.25) is 0 Å². The van der Waals surface area contributed by atoms with E-state index in [1.54, 1.807) is 0 Å². The Bertz CT molecular complexity index is 305. The van der Waals surface area contributed by atoms with E-state index in [1.807, 2.05) is 0 Å². The molecule has 0 atom stereocenters. The van der Waals surface area contributed by atoms with Crippen molar-refractivity contribution >= 4 is 5.82 Å². The fraction of sp³-hybridized carbons (Fsp3) is 0.250. The van der Waals surface area contributed by atoms with Crippen LogP contribution < -0.4 is 0 Å². The minimum absolute atomic E-state index is 0.467. The topological polar surface area (TPSA) is 61.0 Å². The van der Waals surface area contributed by atoms with Gasteiger partial charge in [0.2, 0.25) is 6.33 Å². The van der Waals surface area contributed by atoms with Crippen molar-refractivity contribution in [3.8, 4) is 0 Å². The molecule has 0 fully saturated rings. The second-order valence-corrected chi connectivity index (χ2v) is 1.40. The summed E-state index contributed by atoms with van der Waals surface area (Å²) in [5.41, 5.74) is 0. The van der Waals surface area contributed by atoms with Crippen LogP contribution in [-0.2, 0) is 6.98 Å². The third-order valence-corrected chi connectivity index (χ3v) is 0.756. The number of imidazole rings is 1. The quantitative estimate of drug-likeness (QED) is 0.406. The Morgan fingerprint density at radius 1 is 2.11 bits per heavy atom. The maximum atomic E-state index is 10.1. The zero-order valence-electron chi connectivity index (χ0n) is 7.31. The third-order valence-electron chi connectivity index (χ3n) is 0.756. The maximum absolute atomic E-state index is 10.1. The van der Waals surface area contributed by atoms with E-state index in [-0.39, 0.29) is 0 Å². The van der Waals surface area contributed by atoms with Gasteiger partial charge in [-0.05, 0) is 9.91 Å². The SMILES string of the molecule is [2H]C([2H])([2H])n1cnc([N+](=O)[O-])c1. The van der Waals surface area contributed by atoms with Gasteiger partial charge in [0.15, 0.2) is 0 Å². The number of nitrogens with zero attached hydrogens (tertiary/aromatic N) is 3. The average Bonchev–Trinajstić information content (AvgIpc) is 2.30. The Kier molecular flexibility index (Phi) is 0.606. The van der Waals surface area contributed by atoms with Gasteiger partial charge in [0.1, 0.15) is 6.20 Å². The van der Waals surface area contributed by atoms with Gasteiger partial charge in [-0.15, -0.1) is 0 Å². The molecule has 0 amide bonds. The van der Waals surface area contributed by atoms with E-state index in [0.29, 0.717) is 4.57 Å². The Morgan fingerprint density at radius 3 is 3.22 bits per heavy atom. The van der Waals surface area contributed by atoms with Crippen LogP contribution in [0, 0.1) is 10.1 Å². The molecule has 48 valence electrons. The molecule has 0 unspecified atom stereocenters. The first-order valence-electron chi connectivity index (χ1n) is 3.60. The molecule has 0 N–H and O–H groups in total. The molecule has 1 heterocycles. The molecule has 1 aromatic heterocycles. The van der Waals surface area contributed by atoms with Crippen LogP contribution in [-0.4, -0.2) is 14.5 Å². The van der Waals surface area contributed by atoms with Crippen LogP contribution in [0.5, 0.6) is 0 Å². The summed E-state index contributed by atoms with van der Waals surface area (Å²) >= 11 is 0. The van der Waals surface area contributed by atoms with Crippen LogP contribution in [0.15, 0.2) is 12.5 Å². The first-order chi connectivity index (χ1) is 5.41. The lowest BCUT2D eigenvalue weighted by molar-refractivity contribution is -0.389. The average molecular weight is 130 g/mol. The summed E-state index contributed by atoms with van der Waals surface area (Å²) in [5, 5.41) is 10.1. The summed E-state index contributed by atoms with van der Waals surface area (Å²) in [6, 6.07) is 0. The second-order valence-electron chi connectivity index (χ2n) is 1.40. The molecule has 5 nitrogen and oxygen atoms in total. The number of rotatable bonds is 1. The van der Waals surface area contributed by atoms with Crippen molar-refractivity contribution in [2.75, 3.05) is 0 Å². The Balaban J connectivity index is 3.00. The van der Waals surface area contributed by atoms with Gasteiger partial charge in [-0.2, -0.15) is 0 Å². The maximum Gasteiger partial charge on any atom is 0.381 e. The number of nitro groups is 1. The van der Waals surface area contributed by atoms with Crippen molar-refractivity contribution in [2.24, 2.45) is 6.98 Å². The van der Waals surface area contributed by atoms with Gasteiger partial charge in [0.25, 0.3) is 0 Å². The molecule has 0 saturated heterocycles. The third kappa shape index (κ3) is 1.04. The fourth-order valence-electron chi connectivity index (χ4n) is 0.407. The highest BCUT2D eigenvalue weighted by molar-refractivity contribution is 5.11. The van der Waals surface area contributed by atoms with E-state index in [4.69, 9.17) is 4.11 Å². The number of aryl methyl sites for hydroxylation is 1. The summed E-state index contributed by atoms with van der Waals surface area (Å²) in [5.74, 6) is -0.467. The van der Waals surface area contributed by atoms with E-state index in [9.17, 15) is 10.1 Å². The molecule has 1 aromatic rings. The summed E-state index contributed by atoms with van der Waals surface area (Å²) in [7, 11) is 0. The van der Waals surface area contributed by atoms with Crippen LogP contribution >= 0.6 is 0 Å². The predicted octanol–water partition coefficient (Wildman–Crippen LogP) is 0.328. The molecule has 0 aliphatic rings. The number of hydrogen-bond acceptors (Lipinski definition) is 3. The normalized spacial score (nSPS) is 15.8. The lowest BCUT2D eigenvalue weighted by Gasteiger charge is -1.82. The second kappa shape index (κ2) is 1.85. The summed E-state index contributed by atoms with van der Waals surface area (Å²) < 4.78 is 21.3. The molecule has 1 rings (SSSR count). The van der Waals surface area contributed by atoms with Crippen molar-refractivity contribution in [2.45, 2.75) is 0 Å². The summed E-state index contributed by atoms with van der Waals surface area (Å²) in [4.78, 5) is 12.6. The fourth-order valence-corrected chi connectivity index (χ4v) is 0.407. The van der Waals surface area contributed by atoms with Crippen LogP contribution in [0.1, 0.15) is 4.11 Å². The zero-order valence-corrected chi connectivity index (χ0v) is 4.31. The Labute approximate surface area is 55.3 Å². The van der Waals surface area contributed by atoms with Crippen molar-refractivity contribution in [1.82, 2.24) is 9.55 Å². The molecule has 0 aliphatic heterocycles. The molecule has 0 bridgehead atoms. The lowest BCUT2D eigenvalue weighted by Crippen LogP contribution is -1.86. The lowest BCUT2D eigenvalue weighted by atomic mass is 10.8. The number of hydrogen-bond donors (Lipinski definition) is 0. The van der Waals surface area contributed by atoms with E-state index in [0.717, 1.165) is 12.5 Å². The van der Waals surface area contributed by atoms with E-state index >= 15 is 0 Å². The van der Waals surface area contributed by atoms with Crippen molar-refractivity contribution in [3.05, 3.63) is 22.6 Å². The highest BCUT2D eigenvalue weighted by Crippen LogP contribution is 2.02. The van der Waals surface area contributed by atoms with Crippen LogP contribution in [0.4, 0.5) is 5.82 Å². The minimum Gasteiger partial charge on any atom is -0.358 e. The van der Waals surface area contributed by atoms with Gasteiger partial charge in [0.05, 0.1) is 0 Å². The minimum atomic E-state index is -2.40. The van der Waals surface area contributed by atoms with Crippen molar-refractivity contribution < 1.29 is 9.04 Å². The molecule has 0 aromatic carbocycles. The Morgan fingerprint density at radius 2 is 2.89 bits per heavy atom. The molecule has 0 saturated carbocycles. The molecule has 5 heteroatoms. The molecule has 0 radical (unpaired) electrons. The smallest absolute Gasteiger partial charge is 0.358 e. The van der Waals surface area contributed by atoms with Gasteiger partial charge in [0, 0.05) is 11.1 Å². The molecule has 9 heavy (non-hydrogen) atoms. The van der Waals surface area contributed by atoms with Crippen molar-refractivity contribution in [3.63, 3.8) is 0 Å². The van der Waals surface area contributed by atoms with Crippen LogP contribution in [0.25, 0.3) is 0 Å². The van der Waals surface area contributed by atoms with E-state index in [2.05, 4.69) is 4.98 Å². The molecular formula is C4H5N3O2. The highest BCUT2D eigenvalue weighted by atomic mass is 16.6. The zero-order chi connectivity index (χ0) is 9.35. The Hall–Kier alpha value is -1.39.